The normalized spacial score (nSPS) is 16.5. The van der Waals surface area contributed by atoms with E-state index in [1.807, 2.05) is 32.0 Å². The van der Waals surface area contributed by atoms with E-state index in [9.17, 15) is 22.4 Å². The quantitative estimate of drug-likeness (QED) is 0.490. The van der Waals surface area contributed by atoms with Crippen LogP contribution in [-0.2, 0) is 14.9 Å². The molecular formula is C25H27F4N3O2. The van der Waals surface area contributed by atoms with Crippen LogP contribution in [0.3, 0.4) is 0 Å². The lowest BCUT2D eigenvalue weighted by Gasteiger charge is -2.50. The molecule has 1 fully saturated rings. The van der Waals surface area contributed by atoms with Gasteiger partial charge in [-0.2, -0.15) is 18.3 Å². The zero-order chi connectivity index (χ0) is 24.6. The molecular weight excluding hydrogens is 450 g/mol. The molecule has 0 bridgehead atoms. The summed E-state index contributed by atoms with van der Waals surface area (Å²) in [6.45, 7) is 5.09. The van der Waals surface area contributed by atoms with E-state index in [0.29, 0.717) is 26.1 Å². The van der Waals surface area contributed by atoms with Gasteiger partial charge in [-0.3, -0.25) is 4.79 Å². The van der Waals surface area contributed by atoms with Gasteiger partial charge in [0.15, 0.2) is 0 Å². The SMILES string of the molecule is CC(C)(CNC(=O)CC(F)(F)F)C1(c2ccc3c(cnn3-c3ccc(F)cc3)c2)CCOCC1. The first kappa shape index (κ1) is 24.2. The maximum atomic E-state index is 13.3. The average molecular weight is 478 g/mol. The number of nitrogens with zero attached hydrogens (tertiary/aromatic N) is 2. The second-order valence-corrected chi connectivity index (χ2v) is 9.45. The largest absolute Gasteiger partial charge is 0.397 e. The Kier molecular flexibility index (Phi) is 6.42. The van der Waals surface area contributed by atoms with Crippen LogP contribution in [0.2, 0.25) is 0 Å². The predicted molar refractivity (Wildman–Crippen MR) is 120 cm³/mol. The molecule has 1 saturated heterocycles. The van der Waals surface area contributed by atoms with Crippen LogP contribution in [0.5, 0.6) is 0 Å². The van der Waals surface area contributed by atoms with Crippen molar-refractivity contribution in [3.8, 4) is 5.69 Å². The molecule has 0 saturated carbocycles. The summed E-state index contributed by atoms with van der Waals surface area (Å²) >= 11 is 0. The highest BCUT2D eigenvalue weighted by atomic mass is 19.4. The van der Waals surface area contributed by atoms with Gasteiger partial charge in [-0.05, 0) is 60.2 Å². The number of aromatic nitrogens is 2. The van der Waals surface area contributed by atoms with Gasteiger partial charge in [0.2, 0.25) is 5.91 Å². The van der Waals surface area contributed by atoms with Crippen molar-refractivity contribution in [1.29, 1.82) is 0 Å². The molecule has 2 heterocycles. The Hall–Kier alpha value is -2.94. The van der Waals surface area contributed by atoms with E-state index in [1.165, 1.54) is 12.1 Å². The highest BCUT2D eigenvalue weighted by Crippen LogP contribution is 2.49. The Balaban J connectivity index is 1.66. The summed E-state index contributed by atoms with van der Waals surface area (Å²) < 4.78 is 58.5. The summed E-state index contributed by atoms with van der Waals surface area (Å²) in [5.74, 6) is -1.35. The summed E-state index contributed by atoms with van der Waals surface area (Å²) in [5.41, 5.74) is 1.66. The van der Waals surface area contributed by atoms with E-state index in [0.717, 1.165) is 22.2 Å². The first-order valence-electron chi connectivity index (χ1n) is 11.2. The molecule has 0 unspecified atom stereocenters. The minimum absolute atomic E-state index is 0.106. The number of hydrogen-bond acceptors (Lipinski definition) is 3. The molecule has 1 aromatic heterocycles. The highest BCUT2D eigenvalue weighted by molar-refractivity contribution is 5.81. The molecule has 1 aliphatic heterocycles. The topological polar surface area (TPSA) is 56.2 Å². The molecule has 5 nitrogen and oxygen atoms in total. The summed E-state index contributed by atoms with van der Waals surface area (Å²) in [7, 11) is 0. The Morgan fingerprint density at radius 3 is 2.44 bits per heavy atom. The number of carbonyl (C=O) groups excluding carboxylic acids is 1. The third kappa shape index (κ3) is 4.80. The molecule has 9 heteroatoms. The zero-order valence-electron chi connectivity index (χ0n) is 19.1. The summed E-state index contributed by atoms with van der Waals surface area (Å²) in [6, 6.07) is 12.1. The van der Waals surface area contributed by atoms with E-state index >= 15 is 0 Å². The van der Waals surface area contributed by atoms with E-state index in [4.69, 9.17) is 4.74 Å². The molecule has 0 radical (unpaired) electrons. The molecule has 4 rings (SSSR count). The van der Waals surface area contributed by atoms with Crippen molar-refractivity contribution in [1.82, 2.24) is 15.1 Å². The maximum absolute atomic E-state index is 13.3. The van der Waals surface area contributed by atoms with E-state index < -0.39 is 29.3 Å². The number of hydrogen-bond donors (Lipinski definition) is 1. The van der Waals surface area contributed by atoms with Gasteiger partial charge in [0, 0.05) is 30.6 Å². The van der Waals surface area contributed by atoms with Gasteiger partial charge < -0.3 is 10.1 Å². The number of fused-ring (bicyclic) bond motifs is 1. The fraction of sp³-hybridized carbons (Fsp3) is 0.440. The second kappa shape index (κ2) is 9.02. The molecule has 34 heavy (non-hydrogen) atoms. The van der Waals surface area contributed by atoms with Gasteiger partial charge in [-0.1, -0.05) is 19.9 Å². The first-order valence-corrected chi connectivity index (χ1v) is 11.2. The number of carbonyl (C=O) groups is 1. The molecule has 0 atom stereocenters. The monoisotopic (exact) mass is 477 g/mol. The van der Waals surface area contributed by atoms with E-state index in [2.05, 4.69) is 10.4 Å². The minimum atomic E-state index is -4.54. The van der Waals surface area contributed by atoms with Gasteiger partial charge in [0.1, 0.15) is 12.2 Å². The van der Waals surface area contributed by atoms with Crippen molar-refractivity contribution in [2.75, 3.05) is 19.8 Å². The summed E-state index contributed by atoms with van der Waals surface area (Å²) in [4.78, 5) is 11.9. The lowest BCUT2D eigenvalue weighted by atomic mass is 9.57. The molecule has 0 spiro atoms. The minimum Gasteiger partial charge on any atom is -0.381 e. The Morgan fingerprint density at radius 2 is 1.79 bits per heavy atom. The Morgan fingerprint density at radius 1 is 1.12 bits per heavy atom. The number of benzene rings is 2. The summed E-state index contributed by atoms with van der Waals surface area (Å²) in [6.07, 6.45) is -2.94. The third-order valence-electron chi connectivity index (χ3n) is 6.92. The Labute approximate surface area is 195 Å². The highest BCUT2D eigenvalue weighted by Gasteiger charge is 2.47. The van der Waals surface area contributed by atoms with Gasteiger partial charge >= 0.3 is 6.18 Å². The second-order valence-electron chi connectivity index (χ2n) is 9.45. The number of halogens is 4. The van der Waals surface area contributed by atoms with Crippen LogP contribution in [0.1, 0.15) is 38.7 Å². The van der Waals surface area contributed by atoms with Crippen LogP contribution >= 0.6 is 0 Å². The predicted octanol–water partition coefficient (Wildman–Crippen LogP) is 5.31. The van der Waals surface area contributed by atoms with Crippen LogP contribution in [0.15, 0.2) is 48.7 Å². The maximum Gasteiger partial charge on any atom is 0.397 e. The standard InChI is InChI=1S/C25H27F4N3O2/c1-23(2,16-30-22(33)14-25(27,28)29)24(9-11-34-12-10-24)18-3-8-21-17(13-18)15-31-32(21)20-6-4-19(26)5-7-20/h3-8,13,15H,9-12,14,16H2,1-2H3,(H,30,33). The molecule has 0 aliphatic carbocycles. The van der Waals surface area contributed by atoms with Crippen LogP contribution in [0.25, 0.3) is 16.6 Å². The van der Waals surface area contributed by atoms with Gasteiger partial charge in [0.05, 0.1) is 17.4 Å². The van der Waals surface area contributed by atoms with Gasteiger partial charge in [-0.15, -0.1) is 0 Å². The smallest absolute Gasteiger partial charge is 0.381 e. The fourth-order valence-electron chi connectivity index (χ4n) is 4.93. The van der Waals surface area contributed by atoms with Crippen molar-refractivity contribution in [3.63, 3.8) is 0 Å². The number of nitrogens with one attached hydrogen (secondary N) is 1. The molecule has 1 amide bonds. The van der Waals surface area contributed by atoms with Crippen molar-refractivity contribution in [2.24, 2.45) is 5.41 Å². The molecule has 1 aliphatic rings. The molecule has 1 N–H and O–H groups in total. The third-order valence-corrected chi connectivity index (χ3v) is 6.92. The van der Waals surface area contributed by atoms with Gasteiger partial charge in [0.25, 0.3) is 0 Å². The van der Waals surface area contributed by atoms with E-state index in [1.54, 1.807) is 23.0 Å². The van der Waals surface area contributed by atoms with Crippen molar-refractivity contribution in [3.05, 3.63) is 60.0 Å². The first-order chi connectivity index (χ1) is 16.0. The molecule has 2 aromatic carbocycles. The summed E-state index contributed by atoms with van der Waals surface area (Å²) in [5, 5.41) is 7.85. The number of ether oxygens (including phenoxy) is 1. The molecule has 182 valence electrons. The van der Waals surface area contributed by atoms with Crippen molar-refractivity contribution < 1.29 is 27.1 Å². The molecule has 3 aromatic rings. The van der Waals surface area contributed by atoms with Crippen LogP contribution in [-0.4, -0.2) is 41.6 Å². The van der Waals surface area contributed by atoms with Crippen molar-refractivity contribution in [2.45, 2.75) is 44.7 Å². The lowest BCUT2D eigenvalue weighted by Crippen LogP contribution is -2.52. The lowest BCUT2D eigenvalue weighted by molar-refractivity contribution is -0.154. The Bertz CT molecular complexity index is 1160. The van der Waals surface area contributed by atoms with E-state index in [-0.39, 0.29) is 12.4 Å². The van der Waals surface area contributed by atoms with Crippen molar-refractivity contribution >= 4 is 16.8 Å². The van der Waals surface area contributed by atoms with Crippen LogP contribution in [0.4, 0.5) is 17.6 Å². The van der Waals surface area contributed by atoms with Gasteiger partial charge in [-0.25, -0.2) is 9.07 Å². The average Bonchev–Trinajstić information content (AvgIpc) is 3.21. The zero-order valence-corrected chi connectivity index (χ0v) is 19.1. The van der Waals surface area contributed by atoms with Crippen LogP contribution in [0, 0.1) is 11.2 Å². The van der Waals surface area contributed by atoms with Crippen LogP contribution < -0.4 is 5.32 Å². The fourth-order valence-corrected chi connectivity index (χ4v) is 4.93. The number of amides is 1. The number of alkyl halides is 3. The number of rotatable bonds is 6.